The summed E-state index contributed by atoms with van der Waals surface area (Å²) in [6.07, 6.45) is 1.58. The molecule has 0 aliphatic heterocycles. The normalized spacial score (nSPS) is 10.1. The molecule has 0 saturated carbocycles. The Morgan fingerprint density at radius 1 is 1.00 bits per heavy atom. The number of hydrogen-bond donors (Lipinski definition) is 0. The topological polar surface area (TPSA) is 31.4 Å². The second-order valence-electron chi connectivity index (χ2n) is 3.43. The number of hydrogen-bond acceptors (Lipinski definition) is 3. The lowest BCUT2D eigenvalue weighted by molar-refractivity contribution is 0.411. The average molecular weight is 233 g/mol. The minimum atomic E-state index is -0.370. The van der Waals surface area contributed by atoms with Gasteiger partial charge >= 0.3 is 0 Å². The van der Waals surface area contributed by atoms with Crippen LogP contribution in [0.4, 0.5) is 4.39 Å². The number of ether oxygens (including phenoxy) is 2. The summed E-state index contributed by atoms with van der Waals surface area (Å²) in [5, 5.41) is 0. The number of methoxy groups -OCH3 is 2. The third kappa shape index (κ3) is 2.36. The van der Waals surface area contributed by atoms with Gasteiger partial charge in [-0.3, -0.25) is 4.98 Å². The van der Waals surface area contributed by atoms with Crippen LogP contribution in [0.25, 0.3) is 11.3 Å². The number of halogens is 1. The van der Waals surface area contributed by atoms with E-state index < -0.39 is 0 Å². The molecule has 0 amide bonds. The molecule has 1 aromatic carbocycles. The Balaban J connectivity index is 2.45. The van der Waals surface area contributed by atoms with E-state index in [4.69, 9.17) is 9.47 Å². The summed E-state index contributed by atoms with van der Waals surface area (Å²) in [7, 11) is 3.06. The first-order chi connectivity index (χ1) is 8.24. The fourth-order valence-corrected chi connectivity index (χ4v) is 1.52. The summed E-state index contributed by atoms with van der Waals surface area (Å²) in [4.78, 5) is 4.11. The minimum Gasteiger partial charge on any atom is -0.497 e. The number of pyridine rings is 1. The summed E-state index contributed by atoms with van der Waals surface area (Å²) < 4.78 is 23.8. The number of benzene rings is 1. The largest absolute Gasteiger partial charge is 0.497 e. The fraction of sp³-hybridized carbons (Fsp3) is 0.154. The molecule has 0 radical (unpaired) electrons. The van der Waals surface area contributed by atoms with E-state index in [1.165, 1.54) is 13.2 Å². The first-order valence-corrected chi connectivity index (χ1v) is 5.08. The van der Waals surface area contributed by atoms with Gasteiger partial charge in [-0.2, -0.15) is 0 Å². The third-order valence-electron chi connectivity index (χ3n) is 2.42. The highest BCUT2D eigenvalue weighted by Crippen LogP contribution is 2.26. The van der Waals surface area contributed by atoms with Gasteiger partial charge in [-0.05, 0) is 18.2 Å². The van der Waals surface area contributed by atoms with Crippen LogP contribution in [0.5, 0.6) is 11.5 Å². The van der Waals surface area contributed by atoms with Crippen LogP contribution < -0.4 is 9.47 Å². The molecule has 0 aliphatic carbocycles. The molecular formula is C13H12FNO2. The molecule has 17 heavy (non-hydrogen) atoms. The smallest absolute Gasteiger partial charge is 0.136 e. The van der Waals surface area contributed by atoms with E-state index in [1.807, 2.05) is 0 Å². The molecule has 0 spiro atoms. The molecule has 1 aromatic heterocycles. The molecule has 2 aromatic rings. The molecule has 88 valence electrons. The van der Waals surface area contributed by atoms with Crippen LogP contribution in [0.15, 0.2) is 36.5 Å². The van der Waals surface area contributed by atoms with Crippen molar-refractivity contribution >= 4 is 0 Å². The van der Waals surface area contributed by atoms with E-state index in [9.17, 15) is 4.39 Å². The monoisotopic (exact) mass is 233 g/mol. The predicted molar refractivity (Wildman–Crippen MR) is 62.7 cm³/mol. The van der Waals surface area contributed by atoms with Gasteiger partial charge < -0.3 is 9.47 Å². The minimum absolute atomic E-state index is 0.370. The van der Waals surface area contributed by atoms with Crippen LogP contribution in [0.3, 0.4) is 0 Å². The van der Waals surface area contributed by atoms with E-state index in [1.54, 1.807) is 37.6 Å². The molecule has 0 N–H and O–H groups in total. The average Bonchev–Trinajstić information content (AvgIpc) is 2.38. The quantitative estimate of drug-likeness (QED) is 0.816. The Morgan fingerprint density at radius 2 is 1.71 bits per heavy atom. The highest BCUT2D eigenvalue weighted by atomic mass is 19.1. The van der Waals surface area contributed by atoms with Crippen molar-refractivity contribution in [2.75, 3.05) is 14.2 Å². The van der Waals surface area contributed by atoms with Crippen molar-refractivity contribution < 1.29 is 13.9 Å². The van der Waals surface area contributed by atoms with Crippen molar-refractivity contribution in [2.45, 2.75) is 0 Å². The van der Waals surface area contributed by atoms with E-state index >= 15 is 0 Å². The molecule has 1 heterocycles. The molecule has 0 fully saturated rings. The van der Waals surface area contributed by atoms with Gasteiger partial charge in [-0.1, -0.05) is 0 Å². The van der Waals surface area contributed by atoms with Crippen LogP contribution >= 0.6 is 0 Å². The molecule has 0 saturated heterocycles. The van der Waals surface area contributed by atoms with Gasteiger partial charge in [0.2, 0.25) is 0 Å². The Kier molecular flexibility index (Phi) is 3.23. The maximum atomic E-state index is 13.8. The molecule has 0 aliphatic rings. The van der Waals surface area contributed by atoms with Crippen LogP contribution in [0, 0.1) is 5.82 Å². The van der Waals surface area contributed by atoms with Crippen LogP contribution in [0.2, 0.25) is 0 Å². The van der Waals surface area contributed by atoms with Gasteiger partial charge in [0.05, 0.1) is 19.9 Å². The molecule has 0 unspecified atom stereocenters. The van der Waals surface area contributed by atoms with E-state index in [-0.39, 0.29) is 5.82 Å². The molecular weight excluding hydrogens is 221 g/mol. The summed E-state index contributed by atoms with van der Waals surface area (Å²) in [6.45, 7) is 0. The number of rotatable bonds is 3. The lowest BCUT2D eigenvalue weighted by atomic mass is 10.1. The van der Waals surface area contributed by atoms with Gasteiger partial charge in [0.25, 0.3) is 0 Å². The highest BCUT2D eigenvalue weighted by Gasteiger charge is 2.08. The number of aromatic nitrogens is 1. The van der Waals surface area contributed by atoms with Crippen molar-refractivity contribution in [2.24, 2.45) is 0 Å². The molecule has 0 atom stereocenters. The van der Waals surface area contributed by atoms with Crippen LogP contribution in [0.1, 0.15) is 0 Å². The Labute approximate surface area is 98.8 Å². The SMILES string of the molecule is COc1ccnc(-c2ccc(OC)cc2F)c1. The van der Waals surface area contributed by atoms with Crippen LogP contribution in [-0.4, -0.2) is 19.2 Å². The van der Waals surface area contributed by atoms with Crippen molar-refractivity contribution in [3.8, 4) is 22.8 Å². The highest BCUT2D eigenvalue weighted by molar-refractivity contribution is 5.62. The van der Waals surface area contributed by atoms with Crippen molar-refractivity contribution in [1.82, 2.24) is 4.98 Å². The van der Waals surface area contributed by atoms with E-state index in [0.717, 1.165) is 0 Å². The number of nitrogens with zero attached hydrogens (tertiary/aromatic N) is 1. The van der Waals surface area contributed by atoms with Gasteiger partial charge in [0, 0.05) is 23.9 Å². The first-order valence-electron chi connectivity index (χ1n) is 5.08. The summed E-state index contributed by atoms with van der Waals surface area (Å²) in [6, 6.07) is 8.06. The Hall–Kier alpha value is -2.10. The maximum absolute atomic E-state index is 13.8. The van der Waals surface area contributed by atoms with Crippen molar-refractivity contribution in [3.05, 3.63) is 42.3 Å². The molecule has 4 heteroatoms. The van der Waals surface area contributed by atoms with Crippen molar-refractivity contribution in [3.63, 3.8) is 0 Å². The second kappa shape index (κ2) is 4.82. The zero-order valence-corrected chi connectivity index (χ0v) is 9.61. The summed E-state index contributed by atoms with van der Waals surface area (Å²) in [5.41, 5.74) is 0.953. The van der Waals surface area contributed by atoms with Crippen molar-refractivity contribution in [1.29, 1.82) is 0 Å². The summed E-state index contributed by atoms with van der Waals surface area (Å²) >= 11 is 0. The second-order valence-corrected chi connectivity index (χ2v) is 3.43. The zero-order chi connectivity index (χ0) is 12.3. The first kappa shape index (κ1) is 11.4. The fourth-order valence-electron chi connectivity index (χ4n) is 1.52. The van der Waals surface area contributed by atoms with Gasteiger partial charge in [-0.25, -0.2) is 4.39 Å². The van der Waals surface area contributed by atoms with Gasteiger partial charge in [0.15, 0.2) is 0 Å². The van der Waals surface area contributed by atoms with Gasteiger partial charge in [0.1, 0.15) is 17.3 Å². The van der Waals surface area contributed by atoms with Crippen LogP contribution in [-0.2, 0) is 0 Å². The molecule has 3 nitrogen and oxygen atoms in total. The Bertz CT molecular complexity index is 529. The summed E-state index contributed by atoms with van der Waals surface area (Å²) in [5.74, 6) is 0.754. The van der Waals surface area contributed by atoms with E-state index in [0.29, 0.717) is 22.8 Å². The maximum Gasteiger partial charge on any atom is 0.136 e. The predicted octanol–water partition coefficient (Wildman–Crippen LogP) is 2.90. The standard InChI is InChI=1S/C13H12FNO2/c1-16-9-3-4-11(12(14)7-9)13-8-10(17-2)5-6-15-13/h3-8H,1-2H3. The third-order valence-corrected chi connectivity index (χ3v) is 2.42. The lowest BCUT2D eigenvalue weighted by Crippen LogP contribution is -1.91. The zero-order valence-electron chi connectivity index (χ0n) is 9.61. The molecule has 0 bridgehead atoms. The van der Waals surface area contributed by atoms with Gasteiger partial charge in [-0.15, -0.1) is 0 Å². The van der Waals surface area contributed by atoms with E-state index in [2.05, 4.69) is 4.98 Å². The lowest BCUT2D eigenvalue weighted by Gasteiger charge is -2.06. The Morgan fingerprint density at radius 3 is 2.35 bits per heavy atom. The molecule has 2 rings (SSSR count).